The SMILES string of the molecule is CCN(CC)C(=O)c1c(C(C)O)ccnc1OC. The van der Waals surface area contributed by atoms with Gasteiger partial charge in [-0.25, -0.2) is 4.98 Å². The van der Waals surface area contributed by atoms with E-state index in [9.17, 15) is 9.90 Å². The molecule has 1 aromatic heterocycles. The van der Waals surface area contributed by atoms with E-state index >= 15 is 0 Å². The molecule has 1 aromatic rings. The number of rotatable bonds is 5. The molecule has 1 heterocycles. The summed E-state index contributed by atoms with van der Waals surface area (Å²) in [4.78, 5) is 18.1. The molecule has 0 aliphatic heterocycles. The molecule has 0 spiro atoms. The van der Waals surface area contributed by atoms with Gasteiger partial charge in [-0.1, -0.05) is 0 Å². The maximum atomic E-state index is 12.4. The van der Waals surface area contributed by atoms with Gasteiger partial charge < -0.3 is 14.7 Å². The van der Waals surface area contributed by atoms with E-state index in [1.54, 1.807) is 17.9 Å². The highest BCUT2D eigenvalue weighted by Gasteiger charge is 2.24. The van der Waals surface area contributed by atoms with Crippen molar-refractivity contribution in [1.29, 1.82) is 0 Å². The van der Waals surface area contributed by atoms with E-state index in [0.29, 0.717) is 24.2 Å². The topological polar surface area (TPSA) is 62.7 Å². The number of methoxy groups -OCH3 is 1. The summed E-state index contributed by atoms with van der Waals surface area (Å²) < 4.78 is 5.13. The van der Waals surface area contributed by atoms with Gasteiger partial charge in [0.15, 0.2) is 0 Å². The van der Waals surface area contributed by atoms with Crippen molar-refractivity contribution in [2.45, 2.75) is 26.9 Å². The van der Waals surface area contributed by atoms with Gasteiger partial charge in [0.1, 0.15) is 5.56 Å². The fraction of sp³-hybridized carbons (Fsp3) is 0.538. The van der Waals surface area contributed by atoms with E-state index in [1.165, 1.54) is 13.3 Å². The fourth-order valence-corrected chi connectivity index (χ4v) is 1.84. The number of amides is 1. The second-order valence-corrected chi connectivity index (χ2v) is 3.94. The predicted octanol–water partition coefficient (Wildman–Crippen LogP) is 1.63. The van der Waals surface area contributed by atoms with Gasteiger partial charge >= 0.3 is 0 Å². The minimum absolute atomic E-state index is 0.166. The van der Waals surface area contributed by atoms with Crippen molar-refractivity contribution >= 4 is 5.91 Å². The standard InChI is InChI=1S/C13H20N2O3/c1-5-15(6-2)13(17)11-10(9(3)16)7-8-14-12(11)18-4/h7-9,16H,5-6H2,1-4H3. The van der Waals surface area contributed by atoms with Crippen molar-refractivity contribution in [1.82, 2.24) is 9.88 Å². The Hall–Kier alpha value is -1.62. The van der Waals surface area contributed by atoms with E-state index in [-0.39, 0.29) is 11.8 Å². The predicted molar refractivity (Wildman–Crippen MR) is 68.7 cm³/mol. The monoisotopic (exact) mass is 252 g/mol. The zero-order valence-corrected chi connectivity index (χ0v) is 11.3. The summed E-state index contributed by atoms with van der Waals surface area (Å²) in [5.74, 6) is 0.0890. The molecule has 1 N–H and O–H groups in total. The molecule has 0 aliphatic rings. The normalized spacial score (nSPS) is 12.1. The molecule has 18 heavy (non-hydrogen) atoms. The van der Waals surface area contributed by atoms with Gasteiger partial charge in [-0.3, -0.25) is 4.79 Å². The van der Waals surface area contributed by atoms with Crippen molar-refractivity contribution < 1.29 is 14.6 Å². The van der Waals surface area contributed by atoms with Crippen LogP contribution in [0.4, 0.5) is 0 Å². The highest BCUT2D eigenvalue weighted by atomic mass is 16.5. The van der Waals surface area contributed by atoms with Crippen LogP contribution in [0.2, 0.25) is 0 Å². The first-order valence-electron chi connectivity index (χ1n) is 6.06. The lowest BCUT2D eigenvalue weighted by Gasteiger charge is -2.22. The summed E-state index contributed by atoms with van der Waals surface area (Å²) in [5.41, 5.74) is 0.887. The smallest absolute Gasteiger partial charge is 0.259 e. The van der Waals surface area contributed by atoms with E-state index in [0.717, 1.165) is 0 Å². The Morgan fingerprint density at radius 2 is 2.11 bits per heavy atom. The summed E-state index contributed by atoms with van der Waals surface area (Å²) in [5, 5.41) is 9.75. The molecule has 5 heteroatoms. The van der Waals surface area contributed by atoms with Gasteiger partial charge in [-0.15, -0.1) is 0 Å². The van der Waals surface area contributed by atoms with Gasteiger partial charge in [0.05, 0.1) is 13.2 Å². The highest BCUT2D eigenvalue weighted by Crippen LogP contribution is 2.26. The van der Waals surface area contributed by atoms with Crippen LogP contribution in [0.15, 0.2) is 12.3 Å². The lowest BCUT2D eigenvalue weighted by molar-refractivity contribution is 0.0761. The highest BCUT2D eigenvalue weighted by molar-refractivity contribution is 5.98. The zero-order chi connectivity index (χ0) is 13.7. The van der Waals surface area contributed by atoms with Crippen molar-refractivity contribution in [2.24, 2.45) is 0 Å². The molecular weight excluding hydrogens is 232 g/mol. The summed E-state index contributed by atoms with van der Waals surface area (Å²) >= 11 is 0. The third-order valence-electron chi connectivity index (χ3n) is 2.86. The van der Waals surface area contributed by atoms with Crippen LogP contribution in [0.25, 0.3) is 0 Å². The molecule has 1 amide bonds. The number of hydrogen-bond donors (Lipinski definition) is 1. The third-order valence-corrected chi connectivity index (χ3v) is 2.86. The Morgan fingerprint density at radius 3 is 2.56 bits per heavy atom. The van der Waals surface area contributed by atoms with Crippen molar-refractivity contribution in [3.63, 3.8) is 0 Å². The average Bonchev–Trinajstić information content (AvgIpc) is 2.38. The maximum absolute atomic E-state index is 12.4. The molecule has 100 valence electrons. The second-order valence-electron chi connectivity index (χ2n) is 3.94. The third kappa shape index (κ3) is 2.79. The molecule has 1 rings (SSSR count). The Kier molecular flexibility index (Phi) is 5.09. The van der Waals surface area contributed by atoms with E-state index < -0.39 is 6.10 Å². The molecule has 0 bridgehead atoms. The number of carbonyl (C=O) groups is 1. The van der Waals surface area contributed by atoms with E-state index in [2.05, 4.69) is 4.98 Å². The summed E-state index contributed by atoms with van der Waals surface area (Å²) in [6, 6.07) is 1.64. The van der Waals surface area contributed by atoms with Crippen molar-refractivity contribution in [3.05, 3.63) is 23.4 Å². The molecule has 0 radical (unpaired) electrons. The van der Waals surface area contributed by atoms with Crippen LogP contribution in [0.5, 0.6) is 5.88 Å². The number of hydrogen-bond acceptors (Lipinski definition) is 4. The van der Waals surface area contributed by atoms with E-state index in [4.69, 9.17) is 4.74 Å². The first kappa shape index (κ1) is 14.4. The summed E-state index contributed by atoms with van der Waals surface area (Å²) in [7, 11) is 1.47. The lowest BCUT2D eigenvalue weighted by atomic mass is 10.0. The van der Waals surface area contributed by atoms with Crippen molar-refractivity contribution in [2.75, 3.05) is 20.2 Å². The maximum Gasteiger partial charge on any atom is 0.259 e. The van der Waals surface area contributed by atoms with Crippen LogP contribution in [0.3, 0.4) is 0 Å². The number of carbonyl (C=O) groups excluding carboxylic acids is 1. The zero-order valence-electron chi connectivity index (χ0n) is 11.3. The molecule has 0 fully saturated rings. The van der Waals surface area contributed by atoms with Gasteiger partial charge in [0, 0.05) is 19.3 Å². The fourth-order valence-electron chi connectivity index (χ4n) is 1.84. The van der Waals surface area contributed by atoms with Gasteiger partial charge in [-0.05, 0) is 32.4 Å². The Morgan fingerprint density at radius 1 is 1.50 bits per heavy atom. The number of aliphatic hydroxyl groups is 1. The summed E-state index contributed by atoms with van der Waals surface area (Å²) in [6.07, 6.45) is 0.788. The number of nitrogens with zero attached hydrogens (tertiary/aromatic N) is 2. The molecule has 0 saturated carbocycles. The molecule has 0 aliphatic carbocycles. The first-order valence-corrected chi connectivity index (χ1v) is 6.06. The van der Waals surface area contributed by atoms with Crippen LogP contribution in [-0.2, 0) is 0 Å². The number of pyridine rings is 1. The Labute approximate surface area is 107 Å². The molecule has 1 unspecified atom stereocenters. The molecule has 0 aromatic carbocycles. The molecule has 5 nitrogen and oxygen atoms in total. The second kappa shape index (κ2) is 6.35. The minimum atomic E-state index is -0.739. The molecule has 0 saturated heterocycles. The minimum Gasteiger partial charge on any atom is -0.480 e. The van der Waals surface area contributed by atoms with Gasteiger partial charge in [0.25, 0.3) is 5.91 Å². The van der Waals surface area contributed by atoms with Gasteiger partial charge in [-0.2, -0.15) is 0 Å². The Bertz CT molecular complexity index is 415. The first-order chi connectivity index (χ1) is 8.56. The average molecular weight is 252 g/mol. The lowest BCUT2D eigenvalue weighted by Crippen LogP contribution is -2.32. The quantitative estimate of drug-likeness (QED) is 0.865. The Balaban J connectivity index is 3.31. The molecular formula is C13H20N2O3. The van der Waals surface area contributed by atoms with Crippen LogP contribution >= 0.6 is 0 Å². The summed E-state index contributed by atoms with van der Waals surface area (Å²) in [6.45, 7) is 6.64. The van der Waals surface area contributed by atoms with Gasteiger partial charge in [0.2, 0.25) is 5.88 Å². The number of aliphatic hydroxyl groups excluding tert-OH is 1. The van der Waals surface area contributed by atoms with Crippen molar-refractivity contribution in [3.8, 4) is 5.88 Å². The van der Waals surface area contributed by atoms with Crippen LogP contribution < -0.4 is 4.74 Å². The number of aromatic nitrogens is 1. The van der Waals surface area contributed by atoms with Crippen LogP contribution in [0, 0.1) is 0 Å². The molecule has 1 atom stereocenters. The van der Waals surface area contributed by atoms with Crippen LogP contribution in [-0.4, -0.2) is 41.1 Å². The largest absolute Gasteiger partial charge is 0.480 e. The van der Waals surface area contributed by atoms with E-state index in [1.807, 2.05) is 13.8 Å². The number of ether oxygens (including phenoxy) is 1. The van der Waals surface area contributed by atoms with Crippen LogP contribution in [0.1, 0.15) is 42.8 Å².